The lowest BCUT2D eigenvalue weighted by molar-refractivity contribution is -0.160. The largest absolute Gasteiger partial charge is 0.327 e. The van der Waals surface area contributed by atoms with Gasteiger partial charge in [-0.25, -0.2) is 8.78 Å². The molecule has 1 fully saturated rings. The minimum absolute atomic E-state index is 0.231. The van der Waals surface area contributed by atoms with Crippen LogP contribution in [-0.2, 0) is 4.79 Å². The van der Waals surface area contributed by atoms with E-state index in [1.807, 2.05) is 0 Å². The van der Waals surface area contributed by atoms with E-state index in [9.17, 15) is 13.6 Å². The lowest BCUT2D eigenvalue weighted by Crippen LogP contribution is -2.58. The van der Waals surface area contributed by atoms with Crippen molar-refractivity contribution < 1.29 is 13.6 Å². The average molecular weight is 190 g/mol. The third kappa shape index (κ3) is 2.77. The average Bonchev–Trinajstić information content (AvgIpc) is 1.95. The number of alkyl halides is 2. The molecule has 0 unspecified atom stereocenters. The van der Waals surface area contributed by atoms with Crippen molar-refractivity contribution in [2.24, 2.45) is 5.73 Å². The Bertz CT molecular complexity index is 230. The lowest BCUT2D eigenvalue weighted by Gasteiger charge is -2.37. The summed E-state index contributed by atoms with van der Waals surface area (Å²) in [7, 11) is 0. The zero-order valence-corrected chi connectivity index (χ0v) is 7.34. The normalized spacial score (nSPS) is 22.9. The van der Waals surface area contributed by atoms with Crippen molar-refractivity contribution in [3.8, 4) is 0 Å². The van der Waals surface area contributed by atoms with Gasteiger partial charge in [0.1, 0.15) is 0 Å². The van der Waals surface area contributed by atoms with Gasteiger partial charge < -0.3 is 10.6 Å². The molecular formula is C8H12F2N2O. The summed E-state index contributed by atoms with van der Waals surface area (Å²) in [5.74, 6) is -3.10. The van der Waals surface area contributed by atoms with Crippen molar-refractivity contribution >= 4 is 5.91 Å². The number of carbonyl (C=O) groups is 1. The molecule has 0 spiro atoms. The minimum atomic E-state index is -2.70. The molecule has 2 N–H and O–H groups in total. The molecule has 0 aromatic heterocycles. The maximum Gasteiger partial charge on any atom is 0.282 e. The third-order valence-electron chi connectivity index (χ3n) is 1.70. The molecule has 0 bridgehead atoms. The van der Waals surface area contributed by atoms with Gasteiger partial charge in [0.05, 0.1) is 13.1 Å². The zero-order chi connectivity index (χ0) is 10.1. The number of nitrogens with two attached hydrogens (primary N) is 1. The third-order valence-corrected chi connectivity index (χ3v) is 1.70. The first-order valence-electron chi connectivity index (χ1n) is 4.01. The molecule has 1 aliphatic rings. The van der Waals surface area contributed by atoms with E-state index in [0.29, 0.717) is 0 Å². The van der Waals surface area contributed by atoms with Gasteiger partial charge in [-0.15, -0.1) is 0 Å². The van der Waals surface area contributed by atoms with Crippen LogP contribution < -0.4 is 5.73 Å². The summed E-state index contributed by atoms with van der Waals surface area (Å²) in [5.41, 5.74) is 5.35. The first kappa shape index (κ1) is 10.1. The minimum Gasteiger partial charge on any atom is -0.327 e. The Kier molecular flexibility index (Phi) is 2.66. The van der Waals surface area contributed by atoms with E-state index in [4.69, 9.17) is 5.73 Å². The van der Waals surface area contributed by atoms with Crippen LogP contribution in [0.5, 0.6) is 0 Å². The van der Waals surface area contributed by atoms with Crippen molar-refractivity contribution in [3.05, 3.63) is 12.2 Å². The van der Waals surface area contributed by atoms with Crippen molar-refractivity contribution in [1.82, 2.24) is 4.90 Å². The van der Waals surface area contributed by atoms with Crippen molar-refractivity contribution in [3.63, 3.8) is 0 Å². The number of rotatable bonds is 2. The fourth-order valence-electron chi connectivity index (χ4n) is 1.01. The van der Waals surface area contributed by atoms with Gasteiger partial charge in [0, 0.05) is 12.1 Å². The Morgan fingerprint density at radius 3 is 2.54 bits per heavy atom. The summed E-state index contributed by atoms with van der Waals surface area (Å²) in [4.78, 5) is 12.2. The van der Waals surface area contributed by atoms with Crippen LogP contribution in [0.2, 0.25) is 0 Å². The summed E-state index contributed by atoms with van der Waals surface area (Å²) in [6.45, 7) is 0.749. The molecule has 5 heteroatoms. The van der Waals surface area contributed by atoms with Crippen LogP contribution in [0.3, 0.4) is 0 Å². The molecule has 1 atom stereocenters. The topological polar surface area (TPSA) is 46.3 Å². The predicted molar refractivity (Wildman–Crippen MR) is 44.3 cm³/mol. The highest BCUT2D eigenvalue weighted by atomic mass is 19.3. The molecule has 0 aromatic carbocycles. The number of hydrogen-bond donors (Lipinski definition) is 1. The number of nitrogens with zero attached hydrogens (tertiary/aromatic N) is 1. The molecule has 0 saturated carbocycles. The molecule has 13 heavy (non-hydrogen) atoms. The molecule has 1 saturated heterocycles. The first-order chi connectivity index (χ1) is 5.91. The van der Waals surface area contributed by atoms with Crippen LogP contribution in [0.25, 0.3) is 0 Å². The second kappa shape index (κ2) is 3.41. The Morgan fingerprint density at radius 1 is 1.62 bits per heavy atom. The first-order valence-corrected chi connectivity index (χ1v) is 4.01. The molecule has 0 aliphatic carbocycles. The maximum absolute atomic E-state index is 12.3. The number of likely N-dealkylation sites (tertiary alicyclic amines) is 1. The number of carbonyl (C=O) groups excluding carboxylic acids is 1. The smallest absolute Gasteiger partial charge is 0.282 e. The van der Waals surface area contributed by atoms with E-state index in [0.717, 1.165) is 4.90 Å². The van der Waals surface area contributed by atoms with Crippen LogP contribution in [0.4, 0.5) is 8.78 Å². The van der Waals surface area contributed by atoms with E-state index < -0.39 is 24.9 Å². The van der Waals surface area contributed by atoms with Crippen LogP contribution in [-0.4, -0.2) is 35.9 Å². The van der Waals surface area contributed by atoms with Crippen molar-refractivity contribution in [1.29, 1.82) is 0 Å². The van der Waals surface area contributed by atoms with Gasteiger partial charge in [0.25, 0.3) is 5.92 Å². The molecule has 0 aromatic rings. The SMILES string of the molecule is C[C@@H](N)/C=C/C(=O)N1CC(F)(F)C1. The van der Waals surface area contributed by atoms with E-state index >= 15 is 0 Å². The van der Waals surface area contributed by atoms with Crippen molar-refractivity contribution in [2.75, 3.05) is 13.1 Å². The van der Waals surface area contributed by atoms with Crippen molar-refractivity contribution in [2.45, 2.75) is 18.9 Å². The monoisotopic (exact) mass is 190 g/mol. The highest BCUT2D eigenvalue weighted by molar-refractivity contribution is 5.88. The second-order valence-electron chi connectivity index (χ2n) is 3.27. The maximum atomic E-state index is 12.3. The number of halogens is 2. The van der Waals surface area contributed by atoms with E-state index in [1.165, 1.54) is 12.2 Å². The highest BCUT2D eigenvalue weighted by Crippen LogP contribution is 2.26. The van der Waals surface area contributed by atoms with Gasteiger partial charge >= 0.3 is 0 Å². The van der Waals surface area contributed by atoms with Gasteiger partial charge in [0.15, 0.2) is 0 Å². The second-order valence-corrected chi connectivity index (χ2v) is 3.27. The van der Waals surface area contributed by atoms with Crippen LogP contribution >= 0.6 is 0 Å². The Balaban J connectivity index is 2.35. The summed E-state index contributed by atoms with van der Waals surface area (Å²) in [6, 6.07) is -0.231. The van der Waals surface area contributed by atoms with Gasteiger partial charge in [-0.2, -0.15) is 0 Å². The molecule has 1 rings (SSSR count). The van der Waals surface area contributed by atoms with Gasteiger partial charge in [-0.05, 0) is 6.92 Å². The summed E-state index contributed by atoms with van der Waals surface area (Å²) < 4.78 is 24.6. The van der Waals surface area contributed by atoms with Crippen LogP contribution in [0.1, 0.15) is 6.92 Å². The van der Waals surface area contributed by atoms with Crippen LogP contribution in [0, 0.1) is 0 Å². The summed E-state index contributed by atoms with van der Waals surface area (Å²) >= 11 is 0. The number of hydrogen-bond acceptors (Lipinski definition) is 2. The molecule has 1 amide bonds. The quantitative estimate of drug-likeness (QED) is 0.639. The molecule has 0 radical (unpaired) electrons. The summed E-state index contributed by atoms with van der Waals surface area (Å²) in [6.07, 6.45) is 2.72. The zero-order valence-electron chi connectivity index (χ0n) is 7.34. The van der Waals surface area contributed by atoms with E-state index in [-0.39, 0.29) is 6.04 Å². The Labute approximate surface area is 75.2 Å². The van der Waals surface area contributed by atoms with Crippen LogP contribution in [0.15, 0.2) is 12.2 Å². The van der Waals surface area contributed by atoms with Gasteiger partial charge in [-0.3, -0.25) is 4.79 Å². The molecule has 1 heterocycles. The van der Waals surface area contributed by atoms with Gasteiger partial charge in [-0.1, -0.05) is 6.08 Å². The van der Waals surface area contributed by atoms with E-state index in [2.05, 4.69) is 0 Å². The number of amides is 1. The molecule has 74 valence electrons. The lowest BCUT2D eigenvalue weighted by atomic mass is 10.1. The fraction of sp³-hybridized carbons (Fsp3) is 0.625. The summed E-state index contributed by atoms with van der Waals surface area (Å²) in [5, 5.41) is 0. The van der Waals surface area contributed by atoms with Gasteiger partial charge in [0.2, 0.25) is 5.91 Å². The van der Waals surface area contributed by atoms with E-state index in [1.54, 1.807) is 6.92 Å². The highest BCUT2D eigenvalue weighted by Gasteiger charge is 2.45. The Morgan fingerprint density at radius 2 is 2.15 bits per heavy atom. The standard InChI is InChI=1S/C8H12F2N2O/c1-6(11)2-3-7(13)12-4-8(9,10)5-12/h2-3,6H,4-5,11H2,1H3/b3-2+/t6-/m1/s1. The molecule has 1 aliphatic heterocycles. The Hall–Kier alpha value is -0.970. The fourth-order valence-corrected chi connectivity index (χ4v) is 1.01. The predicted octanol–water partition coefficient (Wildman–Crippen LogP) is 0.367. The molecule has 3 nitrogen and oxygen atoms in total. The molecular weight excluding hydrogens is 178 g/mol.